The molecule has 4 rings (SSSR count). The molecule has 0 saturated carbocycles. The summed E-state index contributed by atoms with van der Waals surface area (Å²) in [7, 11) is 0. The van der Waals surface area contributed by atoms with Gasteiger partial charge in [0.05, 0.1) is 4.86 Å². The van der Waals surface area contributed by atoms with Crippen LogP contribution in [-0.2, 0) is 6.42 Å². The Hall–Kier alpha value is -1.71. The van der Waals surface area contributed by atoms with Crippen LogP contribution in [0.25, 0.3) is 5.57 Å². The lowest BCUT2D eigenvalue weighted by Gasteiger charge is -2.20. The van der Waals surface area contributed by atoms with Crippen LogP contribution in [-0.4, -0.2) is 14.7 Å². The molecule has 2 aliphatic carbocycles. The third-order valence-electron chi connectivity index (χ3n) is 3.77. The van der Waals surface area contributed by atoms with E-state index >= 15 is 0 Å². The van der Waals surface area contributed by atoms with Gasteiger partial charge >= 0.3 is 0 Å². The van der Waals surface area contributed by atoms with Crippen molar-refractivity contribution >= 4 is 39.7 Å². The second-order valence-corrected chi connectivity index (χ2v) is 5.58. The molecule has 19 heavy (non-hydrogen) atoms. The lowest BCUT2D eigenvalue weighted by atomic mass is 9.87. The maximum atomic E-state index is 5.67. The molecule has 1 nitrogen and oxygen atoms in total. The molecule has 90 valence electrons. The lowest BCUT2D eigenvalue weighted by Crippen LogP contribution is -2.18. The molecule has 1 heterocycles. The van der Waals surface area contributed by atoms with E-state index in [9.17, 15) is 0 Å². The highest BCUT2D eigenvalue weighted by atomic mass is 32.1. The van der Waals surface area contributed by atoms with Crippen LogP contribution < -0.4 is 0 Å². The summed E-state index contributed by atoms with van der Waals surface area (Å²) in [6.45, 7) is 0. The second-order valence-electron chi connectivity index (χ2n) is 4.77. The average Bonchev–Trinajstić information content (AvgIpc) is 2.84. The number of fused-ring (bicyclic) bond motifs is 3. The number of aromatic nitrogens is 1. The molecule has 1 aromatic heterocycles. The van der Waals surface area contributed by atoms with Gasteiger partial charge in [0.15, 0.2) is 0 Å². The standard InChI is InChI=1S/C16H9NS2/c18-15-11-5-6-17-8-13(11)16(19)14-10-4-2-1-3-9(10)7-12(14)15/h1-6,8H,7H2. The molecule has 0 atom stereocenters. The average molecular weight is 279 g/mol. The quantitative estimate of drug-likeness (QED) is 0.685. The van der Waals surface area contributed by atoms with Gasteiger partial charge in [-0.25, -0.2) is 0 Å². The van der Waals surface area contributed by atoms with Crippen LogP contribution in [0.2, 0.25) is 0 Å². The fraction of sp³-hybridized carbons (Fsp3) is 0.0625. The second kappa shape index (κ2) is 3.89. The van der Waals surface area contributed by atoms with Crippen molar-refractivity contribution < 1.29 is 0 Å². The largest absolute Gasteiger partial charge is 0.264 e. The van der Waals surface area contributed by atoms with E-state index in [2.05, 4.69) is 29.2 Å². The van der Waals surface area contributed by atoms with E-state index in [1.807, 2.05) is 12.3 Å². The SMILES string of the molecule is S=C1C2=C(C(=S)c3cnccc31)c1ccccc1C2. The van der Waals surface area contributed by atoms with Crippen molar-refractivity contribution in [1.29, 1.82) is 0 Å². The molecule has 0 radical (unpaired) electrons. The van der Waals surface area contributed by atoms with Gasteiger partial charge in [0.25, 0.3) is 0 Å². The number of hydrogen-bond acceptors (Lipinski definition) is 3. The number of rotatable bonds is 0. The maximum Gasteiger partial charge on any atom is 0.0553 e. The van der Waals surface area contributed by atoms with E-state index in [0.717, 1.165) is 32.8 Å². The van der Waals surface area contributed by atoms with E-state index in [1.165, 1.54) is 16.7 Å². The van der Waals surface area contributed by atoms with E-state index in [0.29, 0.717) is 0 Å². The van der Waals surface area contributed by atoms with Crippen molar-refractivity contribution in [3.63, 3.8) is 0 Å². The molecule has 0 fully saturated rings. The van der Waals surface area contributed by atoms with Gasteiger partial charge in [0.1, 0.15) is 0 Å². The lowest BCUT2D eigenvalue weighted by molar-refractivity contribution is 1.26. The van der Waals surface area contributed by atoms with Gasteiger partial charge in [-0.05, 0) is 22.8 Å². The third-order valence-corrected chi connectivity index (χ3v) is 4.66. The van der Waals surface area contributed by atoms with Crippen molar-refractivity contribution in [3.8, 4) is 0 Å². The Morgan fingerprint density at radius 2 is 1.74 bits per heavy atom. The zero-order valence-electron chi connectivity index (χ0n) is 10.0. The Bertz CT molecular complexity index is 787. The molecule has 0 N–H and O–H groups in total. The summed E-state index contributed by atoms with van der Waals surface area (Å²) in [5.74, 6) is 0. The molecule has 2 aliphatic rings. The van der Waals surface area contributed by atoms with Crippen molar-refractivity contribution in [1.82, 2.24) is 4.98 Å². The topological polar surface area (TPSA) is 12.9 Å². The van der Waals surface area contributed by atoms with Gasteiger partial charge in [-0.1, -0.05) is 48.7 Å². The molecule has 0 bridgehead atoms. The molecule has 0 aliphatic heterocycles. The van der Waals surface area contributed by atoms with Gasteiger partial charge < -0.3 is 0 Å². The molecule has 1 aromatic carbocycles. The van der Waals surface area contributed by atoms with Crippen LogP contribution >= 0.6 is 24.4 Å². The maximum absolute atomic E-state index is 5.67. The Kier molecular flexibility index (Phi) is 2.28. The minimum atomic E-state index is 0.886. The molecular weight excluding hydrogens is 270 g/mol. The van der Waals surface area contributed by atoms with Gasteiger partial charge in [0.2, 0.25) is 0 Å². The van der Waals surface area contributed by atoms with Crippen LogP contribution in [0.3, 0.4) is 0 Å². The highest BCUT2D eigenvalue weighted by Crippen LogP contribution is 2.41. The zero-order chi connectivity index (χ0) is 13.0. The van der Waals surface area contributed by atoms with Crippen LogP contribution in [0.5, 0.6) is 0 Å². The normalized spacial score (nSPS) is 16.2. The van der Waals surface area contributed by atoms with E-state index < -0.39 is 0 Å². The summed E-state index contributed by atoms with van der Waals surface area (Å²) in [6.07, 6.45) is 4.50. The smallest absolute Gasteiger partial charge is 0.0553 e. The summed E-state index contributed by atoms with van der Waals surface area (Å²) in [6, 6.07) is 10.4. The van der Waals surface area contributed by atoms with Crippen LogP contribution in [0.15, 0.2) is 48.3 Å². The molecule has 0 unspecified atom stereocenters. The van der Waals surface area contributed by atoms with Crippen molar-refractivity contribution in [2.45, 2.75) is 6.42 Å². The number of thiocarbonyl (C=S) groups is 2. The first-order valence-corrected chi connectivity index (χ1v) is 6.94. The first kappa shape index (κ1) is 11.1. The molecule has 2 aromatic rings. The molecule has 3 heteroatoms. The number of nitrogens with zero attached hydrogens (tertiary/aromatic N) is 1. The minimum absolute atomic E-state index is 0.886. The van der Waals surface area contributed by atoms with Gasteiger partial charge in [-0.3, -0.25) is 4.98 Å². The molecule has 0 spiro atoms. The predicted octanol–water partition coefficient (Wildman–Crippen LogP) is 3.54. The Balaban J connectivity index is 2.01. The van der Waals surface area contributed by atoms with Gasteiger partial charge in [-0.15, -0.1) is 0 Å². The monoisotopic (exact) mass is 279 g/mol. The number of benzene rings is 1. The fourth-order valence-corrected chi connectivity index (χ4v) is 3.63. The number of pyridine rings is 1. The van der Waals surface area contributed by atoms with Crippen molar-refractivity contribution in [2.24, 2.45) is 0 Å². The summed E-state index contributed by atoms with van der Waals surface area (Å²) in [5.41, 5.74) is 6.97. The Morgan fingerprint density at radius 3 is 2.63 bits per heavy atom. The first-order chi connectivity index (χ1) is 9.27. The summed E-state index contributed by atoms with van der Waals surface area (Å²) in [5, 5.41) is 0. The molecule has 0 amide bonds. The van der Waals surface area contributed by atoms with Crippen LogP contribution in [0.1, 0.15) is 22.3 Å². The minimum Gasteiger partial charge on any atom is -0.264 e. The van der Waals surface area contributed by atoms with Gasteiger partial charge in [0, 0.05) is 40.4 Å². The fourth-order valence-electron chi connectivity index (χ4n) is 2.88. The molecule has 0 saturated heterocycles. The molecular formula is C16H9NS2. The summed E-state index contributed by atoms with van der Waals surface area (Å²) in [4.78, 5) is 6.00. The van der Waals surface area contributed by atoms with E-state index in [-0.39, 0.29) is 0 Å². The summed E-state index contributed by atoms with van der Waals surface area (Å²) >= 11 is 11.3. The van der Waals surface area contributed by atoms with Crippen LogP contribution in [0.4, 0.5) is 0 Å². The highest BCUT2D eigenvalue weighted by molar-refractivity contribution is 7.82. The number of allylic oxidation sites excluding steroid dienone is 2. The first-order valence-electron chi connectivity index (χ1n) is 6.12. The van der Waals surface area contributed by atoms with E-state index in [4.69, 9.17) is 24.4 Å². The summed E-state index contributed by atoms with van der Waals surface area (Å²) < 4.78 is 0. The Morgan fingerprint density at radius 1 is 0.895 bits per heavy atom. The third kappa shape index (κ3) is 1.43. The van der Waals surface area contributed by atoms with Crippen molar-refractivity contribution in [3.05, 3.63) is 70.6 Å². The number of hydrogen-bond donors (Lipinski definition) is 0. The van der Waals surface area contributed by atoms with Crippen molar-refractivity contribution in [2.75, 3.05) is 0 Å². The van der Waals surface area contributed by atoms with Crippen LogP contribution in [0, 0.1) is 0 Å². The zero-order valence-corrected chi connectivity index (χ0v) is 11.6. The van der Waals surface area contributed by atoms with E-state index in [1.54, 1.807) is 6.20 Å². The van der Waals surface area contributed by atoms with Gasteiger partial charge in [-0.2, -0.15) is 0 Å². The predicted molar refractivity (Wildman–Crippen MR) is 84.7 cm³/mol. The highest BCUT2D eigenvalue weighted by Gasteiger charge is 2.32. The Labute approximate surface area is 122 Å².